The lowest BCUT2D eigenvalue weighted by Crippen LogP contribution is -2.18. The number of sulfonamides is 1. The summed E-state index contributed by atoms with van der Waals surface area (Å²) >= 11 is 0. The van der Waals surface area contributed by atoms with Crippen LogP contribution in [0.4, 0.5) is 5.69 Å². The summed E-state index contributed by atoms with van der Waals surface area (Å²) < 4.78 is 30.5. The van der Waals surface area contributed by atoms with Gasteiger partial charge in [-0.05, 0) is 18.6 Å². The van der Waals surface area contributed by atoms with E-state index in [0.29, 0.717) is 12.2 Å². The van der Waals surface area contributed by atoms with Gasteiger partial charge in [0.1, 0.15) is 5.75 Å². The number of hydrogen-bond donors (Lipinski definition) is 2. The van der Waals surface area contributed by atoms with Crippen LogP contribution in [0.3, 0.4) is 0 Å². The Balaban J connectivity index is 3.16. The Labute approximate surface area is 106 Å². The number of ether oxygens (including phenoxy) is 1. The van der Waals surface area contributed by atoms with E-state index in [-0.39, 0.29) is 17.0 Å². The zero-order chi connectivity index (χ0) is 13.8. The Morgan fingerprint density at radius 1 is 1.44 bits per heavy atom. The highest BCUT2D eigenvalue weighted by Crippen LogP contribution is 2.23. The highest BCUT2D eigenvalue weighted by Gasteiger charge is 2.16. The van der Waals surface area contributed by atoms with E-state index in [1.807, 2.05) is 0 Å². The maximum absolute atomic E-state index is 11.6. The summed E-state index contributed by atoms with van der Waals surface area (Å²) in [7, 11) is -2.12. The minimum Gasteiger partial charge on any atom is -0.497 e. The molecule has 0 unspecified atom stereocenters. The molecular formula is C11H15NO5S. The van der Waals surface area contributed by atoms with Gasteiger partial charge >= 0.3 is 5.97 Å². The number of methoxy groups -OCH3 is 1. The van der Waals surface area contributed by atoms with Gasteiger partial charge in [-0.1, -0.05) is 6.92 Å². The molecule has 0 amide bonds. The van der Waals surface area contributed by atoms with Gasteiger partial charge in [0.05, 0.1) is 24.1 Å². The molecule has 0 radical (unpaired) electrons. The molecule has 1 aromatic rings. The van der Waals surface area contributed by atoms with Crippen molar-refractivity contribution in [2.75, 3.05) is 17.6 Å². The molecule has 0 heterocycles. The standard InChI is InChI=1S/C11H15NO5S/c1-3-6-18(15,16)12-10-7-8(17-2)4-5-9(10)11(13)14/h4-5,7,12H,3,6H2,1-2H3,(H,13,14). The first-order valence-electron chi connectivity index (χ1n) is 5.31. The third-order valence-electron chi connectivity index (χ3n) is 2.20. The number of nitrogens with one attached hydrogen (secondary N) is 1. The van der Waals surface area contributed by atoms with E-state index in [0.717, 1.165) is 0 Å². The Bertz CT molecular complexity index is 538. The zero-order valence-corrected chi connectivity index (χ0v) is 11.0. The number of rotatable bonds is 6. The van der Waals surface area contributed by atoms with E-state index < -0.39 is 16.0 Å². The van der Waals surface area contributed by atoms with E-state index in [9.17, 15) is 13.2 Å². The number of hydrogen-bond acceptors (Lipinski definition) is 4. The lowest BCUT2D eigenvalue weighted by atomic mass is 10.2. The summed E-state index contributed by atoms with van der Waals surface area (Å²) in [4.78, 5) is 11.0. The van der Waals surface area contributed by atoms with Crippen molar-refractivity contribution in [1.29, 1.82) is 0 Å². The van der Waals surface area contributed by atoms with E-state index >= 15 is 0 Å². The van der Waals surface area contributed by atoms with Crippen LogP contribution in [0.2, 0.25) is 0 Å². The minimum absolute atomic E-state index is 0.00954. The highest BCUT2D eigenvalue weighted by molar-refractivity contribution is 7.92. The molecule has 0 aliphatic heterocycles. The highest BCUT2D eigenvalue weighted by atomic mass is 32.2. The van der Waals surface area contributed by atoms with Crippen molar-refractivity contribution in [3.05, 3.63) is 23.8 Å². The van der Waals surface area contributed by atoms with Crippen molar-refractivity contribution in [1.82, 2.24) is 0 Å². The Kier molecular flexibility index (Phi) is 4.55. The summed E-state index contributed by atoms with van der Waals surface area (Å²) in [6.45, 7) is 1.73. The lowest BCUT2D eigenvalue weighted by Gasteiger charge is -2.11. The maximum atomic E-state index is 11.6. The van der Waals surface area contributed by atoms with Crippen LogP contribution in [-0.4, -0.2) is 32.4 Å². The topological polar surface area (TPSA) is 92.7 Å². The lowest BCUT2D eigenvalue weighted by molar-refractivity contribution is 0.0698. The summed E-state index contributed by atoms with van der Waals surface area (Å²) in [6, 6.07) is 4.10. The van der Waals surface area contributed by atoms with E-state index in [4.69, 9.17) is 9.84 Å². The van der Waals surface area contributed by atoms with Crippen LogP contribution in [0.5, 0.6) is 5.75 Å². The van der Waals surface area contributed by atoms with Crippen LogP contribution in [0.15, 0.2) is 18.2 Å². The zero-order valence-electron chi connectivity index (χ0n) is 10.1. The molecule has 0 aliphatic carbocycles. The van der Waals surface area contributed by atoms with Crippen LogP contribution in [-0.2, 0) is 10.0 Å². The Morgan fingerprint density at radius 2 is 2.11 bits per heavy atom. The van der Waals surface area contributed by atoms with Crippen LogP contribution in [0.1, 0.15) is 23.7 Å². The number of anilines is 1. The second kappa shape index (κ2) is 5.72. The smallest absolute Gasteiger partial charge is 0.337 e. The molecule has 7 heteroatoms. The molecule has 1 aromatic carbocycles. The fraction of sp³-hybridized carbons (Fsp3) is 0.364. The molecule has 0 aliphatic rings. The molecule has 0 spiro atoms. The van der Waals surface area contributed by atoms with Crippen molar-refractivity contribution in [2.24, 2.45) is 0 Å². The van der Waals surface area contributed by atoms with Crippen molar-refractivity contribution in [3.8, 4) is 5.75 Å². The summed E-state index contributed by atoms with van der Waals surface area (Å²) in [5.74, 6) is -0.885. The van der Waals surface area contributed by atoms with Crippen molar-refractivity contribution < 1.29 is 23.1 Å². The van der Waals surface area contributed by atoms with Gasteiger partial charge in [-0.15, -0.1) is 0 Å². The molecule has 2 N–H and O–H groups in total. The fourth-order valence-corrected chi connectivity index (χ4v) is 2.55. The summed E-state index contributed by atoms with van der Waals surface area (Å²) in [6.07, 6.45) is 0.446. The average Bonchev–Trinajstić information content (AvgIpc) is 2.27. The fourth-order valence-electron chi connectivity index (χ4n) is 1.41. The third-order valence-corrected chi connectivity index (χ3v) is 3.67. The molecule has 6 nitrogen and oxygen atoms in total. The molecular weight excluding hydrogens is 258 g/mol. The van der Waals surface area contributed by atoms with Crippen LogP contribution in [0.25, 0.3) is 0 Å². The van der Waals surface area contributed by atoms with E-state index in [1.165, 1.54) is 25.3 Å². The number of aromatic carboxylic acids is 1. The van der Waals surface area contributed by atoms with Gasteiger partial charge in [0, 0.05) is 6.07 Å². The van der Waals surface area contributed by atoms with E-state index in [1.54, 1.807) is 6.92 Å². The van der Waals surface area contributed by atoms with E-state index in [2.05, 4.69) is 4.72 Å². The van der Waals surface area contributed by atoms with Crippen molar-refractivity contribution in [3.63, 3.8) is 0 Å². The predicted octanol–water partition coefficient (Wildman–Crippen LogP) is 1.55. The van der Waals surface area contributed by atoms with Crippen LogP contribution in [0, 0.1) is 0 Å². The van der Waals surface area contributed by atoms with Gasteiger partial charge in [0.15, 0.2) is 0 Å². The van der Waals surface area contributed by atoms with Gasteiger partial charge < -0.3 is 9.84 Å². The summed E-state index contributed by atoms with van der Waals surface area (Å²) in [5, 5.41) is 8.98. The predicted molar refractivity (Wildman–Crippen MR) is 67.7 cm³/mol. The van der Waals surface area contributed by atoms with Gasteiger partial charge in [0.25, 0.3) is 0 Å². The van der Waals surface area contributed by atoms with Crippen LogP contribution >= 0.6 is 0 Å². The molecule has 0 fully saturated rings. The molecule has 100 valence electrons. The maximum Gasteiger partial charge on any atom is 0.337 e. The monoisotopic (exact) mass is 273 g/mol. The van der Waals surface area contributed by atoms with Crippen molar-refractivity contribution >= 4 is 21.7 Å². The molecule has 1 rings (SSSR count). The average molecular weight is 273 g/mol. The largest absolute Gasteiger partial charge is 0.497 e. The van der Waals surface area contributed by atoms with Gasteiger partial charge in [-0.25, -0.2) is 13.2 Å². The SMILES string of the molecule is CCCS(=O)(=O)Nc1cc(OC)ccc1C(=O)O. The molecule has 0 atom stereocenters. The second-order valence-electron chi connectivity index (χ2n) is 3.64. The second-order valence-corrected chi connectivity index (χ2v) is 5.48. The molecule has 0 saturated carbocycles. The molecule has 0 bridgehead atoms. The number of benzene rings is 1. The van der Waals surface area contributed by atoms with Crippen LogP contribution < -0.4 is 9.46 Å². The Hall–Kier alpha value is -1.76. The normalized spacial score (nSPS) is 11.0. The third kappa shape index (κ3) is 3.63. The first-order chi connectivity index (χ1) is 8.39. The Morgan fingerprint density at radius 3 is 2.61 bits per heavy atom. The molecule has 0 saturated heterocycles. The quantitative estimate of drug-likeness (QED) is 0.820. The molecule has 0 aromatic heterocycles. The molecule has 18 heavy (non-hydrogen) atoms. The van der Waals surface area contributed by atoms with Gasteiger partial charge in [-0.3, -0.25) is 4.72 Å². The first kappa shape index (κ1) is 14.3. The summed E-state index contributed by atoms with van der Waals surface area (Å²) in [5.41, 5.74) is -0.106. The number of carboxylic acid groups (broad SMARTS) is 1. The van der Waals surface area contributed by atoms with Crippen molar-refractivity contribution in [2.45, 2.75) is 13.3 Å². The first-order valence-corrected chi connectivity index (χ1v) is 6.96. The van der Waals surface area contributed by atoms with Gasteiger partial charge in [0.2, 0.25) is 10.0 Å². The number of carboxylic acids is 1. The number of carbonyl (C=O) groups is 1. The minimum atomic E-state index is -3.53. The van der Waals surface area contributed by atoms with Gasteiger partial charge in [-0.2, -0.15) is 0 Å².